The second kappa shape index (κ2) is 3.12. The van der Waals surface area contributed by atoms with Crippen LogP contribution in [0.4, 0.5) is 0 Å². The van der Waals surface area contributed by atoms with Gasteiger partial charge in [-0.3, -0.25) is 0 Å². The number of hydrogen-bond donors (Lipinski definition) is 3. The van der Waals surface area contributed by atoms with E-state index in [1.54, 1.807) is 18.2 Å². The van der Waals surface area contributed by atoms with E-state index in [4.69, 9.17) is 17.3 Å². The molecule has 0 unspecified atom stereocenters. The quantitative estimate of drug-likeness (QED) is 0.660. The molecule has 0 aliphatic heterocycles. The van der Waals surface area contributed by atoms with Crippen molar-refractivity contribution in [1.29, 1.82) is 0 Å². The van der Waals surface area contributed by atoms with Gasteiger partial charge in [-0.15, -0.1) is 0 Å². The standard InChI is InChI=1S/C10H12ClNO2/c11-7-2-1-3-8(14)9(7)10(12)4-6(13)5-10/h1-3,6,13-14H,4-5,12H2. The normalized spacial score (nSPS) is 31.2. The molecule has 0 heterocycles. The number of benzene rings is 1. The lowest BCUT2D eigenvalue weighted by molar-refractivity contribution is 0.0200. The van der Waals surface area contributed by atoms with E-state index in [-0.39, 0.29) is 11.9 Å². The third-order valence-corrected chi connectivity index (χ3v) is 3.00. The topological polar surface area (TPSA) is 66.5 Å². The molecule has 0 aromatic heterocycles. The third kappa shape index (κ3) is 1.38. The van der Waals surface area contributed by atoms with Crippen molar-refractivity contribution >= 4 is 11.6 Å². The van der Waals surface area contributed by atoms with Gasteiger partial charge in [-0.25, -0.2) is 0 Å². The highest BCUT2D eigenvalue weighted by atomic mass is 35.5. The number of halogens is 1. The van der Waals surface area contributed by atoms with Gasteiger partial charge in [0.2, 0.25) is 0 Å². The Balaban J connectivity index is 2.41. The lowest BCUT2D eigenvalue weighted by Crippen LogP contribution is -2.51. The third-order valence-electron chi connectivity index (χ3n) is 2.69. The molecule has 4 heteroatoms. The number of hydrogen-bond acceptors (Lipinski definition) is 3. The second-order valence-corrected chi connectivity index (χ2v) is 4.26. The molecule has 0 bridgehead atoms. The van der Waals surface area contributed by atoms with E-state index in [9.17, 15) is 10.2 Å². The molecule has 0 radical (unpaired) electrons. The van der Waals surface area contributed by atoms with Gasteiger partial charge in [0.1, 0.15) is 5.75 Å². The van der Waals surface area contributed by atoms with Gasteiger partial charge in [-0.05, 0) is 25.0 Å². The van der Waals surface area contributed by atoms with E-state index in [0.717, 1.165) is 0 Å². The molecule has 2 rings (SSSR count). The molecule has 76 valence electrons. The molecular formula is C10H12ClNO2. The molecule has 0 saturated heterocycles. The minimum absolute atomic E-state index is 0.104. The van der Waals surface area contributed by atoms with Crippen molar-refractivity contribution in [2.45, 2.75) is 24.5 Å². The molecule has 1 fully saturated rings. The fourth-order valence-electron chi connectivity index (χ4n) is 1.99. The van der Waals surface area contributed by atoms with Gasteiger partial charge in [-0.1, -0.05) is 17.7 Å². The number of nitrogens with two attached hydrogens (primary N) is 1. The maximum Gasteiger partial charge on any atom is 0.122 e. The fraction of sp³-hybridized carbons (Fsp3) is 0.400. The molecule has 1 aromatic rings. The predicted octanol–water partition coefficient (Wildman–Crippen LogP) is 1.35. The summed E-state index contributed by atoms with van der Waals surface area (Å²) in [5, 5.41) is 19.3. The summed E-state index contributed by atoms with van der Waals surface area (Å²) in [6.45, 7) is 0. The van der Waals surface area contributed by atoms with Gasteiger partial charge < -0.3 is 15.9 Å². The highest BCUT2D eigenvalue weighted by Gasteiger charge is 2.44. The van der Waals surface area contributed by atoms with Crippen LogP contribution < -0.4 is 5.73 Å². The van der Waals surface area contributed by atoms with Gasteiger partial charge >= 0.3 is 0 Å². The lowest BCUT2D eigenvalue weighted by Gasteiger charge is -2.43. The van der Waals surface area contributed by atoms with Crippen molar-refractivity contribution in [3.63, 3.8) is 0 Å². The number of aliphatic hydroxyl groups is 1. The fourth-order valence-corrected chi connectivity index (χ4v) is 2.35. The van der Waals surface area contributed by atoms with Crippen molar-refractivity contribution in [2.24, 2.45) is 5.73 Å². The highest BCUT2D eigenvalue weighted by Crippen LogP contribution is 2.45. The summed E-state index contributed by atoms with van der Waals surface area (Å²) in [4.78, 5) is 0. The van der Waals surface area contributed by atoms with Crippen LogP contribution in [0, 0.1) is 0 Å². The summed E-state index contributed by atoms with van der Waals surface area (Å²) in [6.07, 6.45) is 0.518. The Morgan fingerprint density at radius 1 is 1.43 bits per heavy atom. The van der Waals surface area contributed by atoms with E-state index in [1.807, 2.05) is 0 Å². The maximum atomic E-state index is 9.63. The van der Waals surface area contributed by atoms with Crippen LogP contribution in [0.2, 0.25) is 5.02 Å². The minimum Gasteiger partial charge on any atom is -0.508 e. The largest absolute Gasteiger partial charge is 0.508 e. The van der Waals surface area contributed by atoms with Crippen molar-refractivity contribution in [3.05, 3.63) is 28.8 Å². The zero-order chi connectivity index (χ0) is 10.3. The molecule has 1 saturated carbocycles. The summed E-state index contributed by atoms with van der Waals surface area (Å²) in [5.41, 5.74) is 5.90. The Labute approximate surface area is 87.1 Å². The van der Waals surface area contributed by atoms with Crippen molar-refractivity contribution in [2.75, 3.05) is 0 Å². The lowest BCUT2D eigenvalue weighted by atomic mass is 9.70. The minimum atomic E-state index is -0.665. The molecule has 0 atom stereocenters. The van der Waals surface area contributed by atoms with Gasteiger partial charge in [0, 0.05) is 10.6 Å². The van der Waals surface area contributed by atoms with Gasteiger partial charge in [-0.2, -0.15) is 0 Å². The van der Waals surface area contributed by atoms with Crippen LogP contribution in [-0.2, 0) is 5.54 Å². The molecule has 4 N–H and O–H groups in total. The van der Waals surface area contributed by atoms with E-state index in [2.05, 4.69) is 0 Å². The molecule has 0 amide bonds. The van der Waals surface area contributed by atoms with E-state index < -0.39 is 5.54 Å². The first-order chi connectivity index (χ1) is 6.53. The highest BCUT2D eigenvalue weighted by molar-refractivity contribution is 6.31. The predicted molar refractivity (Wildman–Crippen MR) is 54.2 cm³/mol. The molecule has 14 heavy (non-hydrogen) atoms. The zero-order valence-electron chi connectivity index (χ0n) is 7.57. The van der Waals surface area contributed by atoms with Crippen LogP contribution in [0.1, 0.15) is 18.4 Å². The van der Waals surface area contributed by atoms with Crippen molar-refractivity contribution < 1.29 is 10.2 Å². The Bertz CT molecular complexity index is 341. The average Bonchev–Trinajstić information content (AvgIpc) is 2.00. The SMILES string of the molecule is NC1(c2c(O)cccc2Cl)CC(O)C1. The Hall–Kier alpha value is -0.770. The zero-order valence-corrected chi connectivity index (χ0v) is 8.33. The van der Waals surface area contributed by atoms with Gasteiger partial charge in [0.15, 0.2) is 0 Å². The van der Waals surface area contributed by atoms with Crippen molar-refractivity contribution in [1.82, 2.24) is 0 Å². The summed E-state index contributed by atoms with van der Waals surface area (Å²) >= 11 is 5.95. The first-order valence-corrected chi connectivity index (χ1v) is 4.86. The van der Waals surface area contributed by atoms with Crippen LogP contribution in [0.15, 0.2) is 18.2 Å². The van der Waals surface area contributed by atoms with Gasteiger partial charge in [0.05, 0.1) is 11.6 Å². The summed E-state index contributed by atoms with van der Waals surface area (Å²) < 4.78 is 0. The first kappa shape index (κ1) is 9.77. The number of phenolic OH excluding ortho intramolecular Hbond substituents is 1. The molecular weight excluding hydrogens is 202 g/mol. The monoisotopic (exact) mass is 213 g/mol. The Morgan fingerprint density at radius 2 is 2.07 bits per heavy atom. The van der Waals surface area contributed by atoms with Crippen LogP contribution >= 0.6 is 11.6 Å². The summed E-state index contributed by atoms with van der Waals surface area (Å²) in [5.74, 6) is 0.104. The van der Waals surface area contributed by atoms with Crippen LogP contribution in [0.3, 0.4) is 0 Å². The Kier molecular flexibility index (Phi) is 2.18. The van der Waals surface area contributed by atoms with Crippen LogP contribution in [0.5, 0.6) is 5.75 Å². The van der Waals surface area contributed by atoms with E-state index >= 15 is 0 Å². The Morgan fingerprint density at radius 3 is 2.57 bits per heavy atom. The van der Waals surface area contributed by atoms with E-state index in [0.29, 0.717) is 23.4 Å². The van der Waals surface area contributed by atoms with Crippen LogP contribution in [0.25, 0.3) is 0 Å². The summed E-state index contributed by atoms with van der Waals surface area (Å²) in [6, 6.07) is 4.91. The number of phenols is 1. The second-order valence-electron chi connectivity index (χ2n) is 3.85. The molecule has 1 aliphatic carbocycles. The molecule has 0 spiro atoms. The van der Waals surface area contributed by atoms with E-state index in [1.165, 1.54) is 0 Å². The van der Waals surface area contributed by atoms with Crippen molar-refractivity contribution in [3.8, 4) is 5.75 Å². The molecule has 1 aliphatic rings. The number of rotatable bonds is 1. The number of aromatic hydroxyl groups is 1. The average molecular weight is 214 g/mol. The number of aliphatic hydroxyl groups excluding tert-OH is 1. The molecule has 3 nitrogen and oxygen atoms in total. The smallest absolute Gasteiger partial charge is 0.122 e. The van der Waals surface area contributed by atoms with Gasteiger partial charge in [0.25, 0.3) is 0 Å². The van der Waals surface area contributed by atoms with Crippen LogP contribution in [-0.4, -0.2) is 16.3 Å². The maximum absolute atomic E-state index is 9.63. The summed E-state index contributed by atoms with van der Waals surface area (Å²) in [7, 11) is 0. The molecule has 1 aromatic carbocycles. The first-order valence-electron chi connectivity index (χ1n) is 4.48.